The van der Waals surface area contributed by atoms with Gasteiger partial charge in [0.25, 0.3) is 5.91 Å². The largest absolute Gasteiger partial charge is 0.497 e. The summed E-state index contributed by atoms with van der Waals surface area (Å²) in [6.07, 6.45) is -1.35. The van der Waals surface area contributed by atoms with Crippen LogP contribution in [0.4, 0.5) is 18.9 Å². The average molecular weight is 383 g/mol. The number of carbonyl (C=O) groups excluding carboxylic acids is 2. The van der Waals surface area contributed by atoms with E-state index in [0.29, 0.717) is 17.6 Å². The number of nitrogens with one attached hydrogen (secondary N) is 1. The SMILES string of the molecule is COc1cc(OC)cc(C(=O)O[C@@H](C)C(=O)Nc2ccc(F)c(F)c2F)c1. The predicted molar refractivity (Wildman–Crippen MR) is 89.4 cm³/mol. The zero-order valence-electron chi connectivity index (χ0n) is 14.6. The number of anilines is 1. The van der Waals surface area contributed by atoms with Gasteiger partial charge in [-0.05, 0) is 31.2 Å². The molecule has 2 aromatic carbocycles. The second-order valence-corrected chi connectivity index (χ2v) is 5.36. The van der Waals surface area contributed by atoms with E-state index in [0.717, 1.165) is 6.07 Å². The van der Waals surface area contributed by atoms with E-state index in [1.807, 2.05) is 5.32 Å². The predicted octanol–water partition coefficient (Wildman–Crippen LogP) is 3.31. The number of benzene rings is 2. The third-order valence-electron chi connectivity index (χ3n) is 3.53. The van der Waals surface area contributed by atoms with Gasteiger partial charge in [0.15, 0.2) is 23.6 Å². The molecular formula is C18H16F3NO5. The maximum Gasteiger partial charge on any atom is 0.339 e. The van der Waals surface area contributed by atoms with Gasteiger partial charge in [-0.3, -0.25) is 4.79 Å². The summed E-state index contributed by atoms with van der Waals surface area (Å²) < 4.78 is 54.8. The van der Waals surface area contributed by atoms with Crippen molar-refractivity contribution < 1.29 is 37.0 Å². The van der Waals surface area contributed by atoms with Gasteiger partial charge in [0.05, 0.1) is 25.5 Å². The molecule has 1 atom stereocenters. The topological polar surface area (TPSA) is 73.9 Å². The van der Waals surface area contributed by atoms with E-state index in [9.17, 15) is 22.8 Å². The Kier molecular flexibility index (Phi) is 6.27. The smallest absolute Gasteiger partial charge is 0.339 e. The minimum atomic E-state index is -1.72. The fourth-order valence-corrected chi connectivity index (χ4v) is 2.06. The molecule has 0 saturated carbocycles. The fraction of sp³-hybridized carbons (Fsp3) is 0.222. The van der Waals surface area contributed by atoms with Gasteiger partial charge in [0.2, 0.25) is 0 Å². The fourth-order valence-electron chi connectivity index (χ4n) is 2.06. The molecule has 27 heavy (non-hydrogen) atoms. The first-order chi connectivity index (χ1) is 12.8. The number of hydrogen-bond acceptors (Lipinski definition) is 5. The van der Waals surface area contributed by atoms with Gasteiger partial charge >= 0.3 is 5.97 Å². The number of amides is 1. The van der Waals surface area contributed by atoms with Crippen molar-refractivity contribution in [2.75, 3.05) is 19.5 Å². The van der Waals surface area contributed by atoms with E-state index < -0.39 is 41.1 Å². The summed E-state index contributed by atoms with van der Waals surface area (Å²) in [5, 5.41) is 2.03. The molecule has 0 spiro atoms. The van der Waals surface area contributed by atoms with E-state index in [2.05, 4.69) is 0 Å². The number of carbonyl (C=O) groups is 2. The first kappa shape index (κ1) is 20.1. The molecule has 144 valence electrons. The Hall–Kier alpha value is -3.23. The van der Waals surface area contributed by atoms with Crippen LogP contribution < -0.4 is 14.8 Å². The van der Waals surface area contributed by atoms with Gasteiger partial charge in [-0.25, -0.2) is 18.0 Å². The number of halogens is 3. The van der Waals surface area contributed by atoms with Crippen LogP contribution in [-0.2, 0) is 9.53 Å². The van der Waals surface area contributed by atoms with Gasteiger partial charge in [-0.2, -0.15) is 0 Å². The average Bonchev–Trinajstić information content (AvgIpc) is 2.67. The molecule has 0 radical (unpaired) electrons. The van der Waals surface area contributed by atoms with Gasteiger partial charge in [0, 0.05) is 6.07 Å². The van der Waals surface area contributed by atoms with Crippen molar-refractivity contribution in [1.29, 1.82) is 0 Å². The minimum absolute atomic E-state index is 0.0601. The van der Waals surface area contributed by atoms with Crippen LogP contribution in [0.25, 0.3) is 0 Å². The third kappa shape index (κ3) is 4.69. The highest BCUT2D eigenvalue weighted by atomic mass is 19.2. The molecule has 2 rings (SSSR count). The van der Waals surface area contributed by atoms with Crippen LogP contribution in [0.1, 0.15) is 17.3 Å². The summed E-state index contributed by atoms with van der Waals surface area (Å²) in [4.78, 5) is 24.3. The van der Waals surface area contributed by atoms with Crippen LogP contribution in [0, 0.1) is 17.5 Å². The summed E-state index contributed by atoms with van der Waals surface area (Å²) in [7, 11) is 2.80. The Balaban J connectivity index is 2.10. The molecule has 2 aromatic rings. The van der Waals surface area contributed by atoms with Crippen molar-refractivity contribution in [3.63, 3.8) is 0 Å². The first-order valence-electron chi connectivity index (χ1n) is 7.65. The molecule has 0 aliphatic carbocycles. The highest BCUT2D eigenvalue weighted by molar-refractivity contribution is 5.97. The Morgan fingerprint density at radius 2 is 1.56 bits per heavy atom. The maximum absolute atomic E-state index is 13.6. The third-order valence-corrected chi connectivity index (χ3v) is 3.53. The molecule has 0 saturated heterocycles. The van der Waals surface area contributed by atoms with E-state index in [1.165, 1.54) is 33.3 Å². The van der Waals surface area contributed by atoms with Gasteiger partial charge in [-0.15, -0.1) is 0 Å². The molecule has 1 N–H and O–H groups in total. The Morgan fingerprint density at radius 1 is 0.963 bits per heavy atom. The van der Waals surface area contributed by atoms with Gasteiger partial charge in [0.1, 0.15) is 11.5 Å². The van der Waals surface area contributed by atoms with Crippen molar-refractivity contribution in [3.8, 4) is 11.5 Å². The molecule has 0 heterocycles. The van der Waals surface area contributed by atoms with Gasteiger partial charge in [-0.1, -0.05) is 0 Å². The summed E-state index contributed by atoms with van der Waals surface area (Å²) in [5.41, 5.74) is -0.519. The Labute approximate surface area is 152 Å². The number of rotatable bonds is 6. The number of methoxy groups -OCH3 is 2. The zero-order valence-corrected chi connectivity index (χ0v) is 14.6. The molecule has 0 aromatic heterocycles. The second-order valence-electron chi connectivity index (χ2n) is 5.36. The van der Waals surface area contributed by atoms with E-state index >= 15 is 0 Å². The van der Waals surface area contributed by atoms with E-state index in [4.69, 9.17) is 14.2 Å². The highest BCUT2D eigenvalue weighted by Crippen LogP contribution is 2.24. The van der Waals surface area contributed by atoms with Crippen LogP contribution in [0.2, 0.25) is 0 Å². The quantitative estimate of drug-likeness (QED) is 0.612. The molecule has 6 nitrogen and oxygen atoms in total. The van der Waals surface area contributed by atoms with Crippen LogP contribution in [-0.4, -0.2) is 32.2 Å². The molecule has 9 heteroatoms. The van der Waals surface area contributed by atoms with Crippen LogP contribution in [0.15, 0.2) is 30.3 Å². The van der Waals surface area contributed by atoms with Crippen LogP contribution >= 0.6 is 0 Å². The normalized spacial score (nSPS) is 11.5. The van der Waals surface area contributed by atoms with Crippen LogP contribution in [0.3, 0.4) is 0 Å². The number of esters is 1. The van der Waals surface area contributed by atoms with Crippen molar-refractivity contribution in [3.05, 3.63) is 53.3 Å². The monoisotopic (exact) mass is 383 g/mol. The first-order valence-corrected chi connectivity index (χ1v) is 7.65. The lowest BCUT2D eigenvalue weighted by Gasteiger charge is -2.15. The minimum Gasteiger partial charge on any atom is -0.497 e. The lowest BCUT2D eigenvalue weighted by Crippen LogP contribution is -2.30. The standard InChI is InChI=1S/C18H16F3NO5/c1-9(17(23)22-14-5-4-13(19)15(20)16(14)21)27-18(24)10-6-11(25-2)8-12(7-10)26-3/h4-9H,1-3H3,(H,22,23)/t9-/m0/s1. The Morgan fingerprint density at radius 3 is 2.11 bits per heavy atom. The molecule has 0 unspecified atom stereocenters. The highest BCUT2D eigenvalue weighted by Gasteiger charge is 2.22. The molecular weight excluding hydrogens is 367 g/mol. The summed E-state index contributed by atoms with van der Waals surface area (Å²) in [6, 6.07) is 5.81. The van der Waals surface area contributed by atoms with E-state index in [1.54, 1.807) is 6.07 Å². The zero-order chi connectivity index (χ0) is 20.1. The summed E-state index contributed by atoms with van der Waals surface area (Å²) in [6.45, 7) is 1.24. The molecule has 0 bridgehead atoms. The van der Waals surface area contributed by atoms with Crippen molar-refractivity contribution >= 4 is 17.6 Å². The second kappa shape index (κ2) is 8.43. The van der Waals surface area contributed by atoms with Crippen molar-refractivity contribution in [1.82, 2.24) is 0 Å². The van der Waals surface area contributed by atoms with E-state index in [-0.39, 0.29) is 5.56 Å². The number of hydrogen-bond donors (Lipinski definition) is 1. The number of ether oxygens (including phenoxy) is 3. The summed E-state index contributed by atoms with van der Waals surface area (Å²) >= 11 is 0. The Bertz CT molecular complexity index is 850. The molecule has 0 fully saturated rings. The van der Waals surface area contributed by atoms with Crippen molar-refractivity contribution in [2.24, 2.45) is 0 Å². The summed E-state index contributed by atoms with van der Waals surface area (Å²) in [5.74, 6) is -5.79. The van der Waals surface area contributed by atoms with Crippen molar-refractivity contribution in [2.45, 2.75) is 13.0 Å². The molecule has 0 aliphatic rings. The van der Waals surface area contributed by atoms with Gasteiger partial charge < -0.3 is 19.5 Å². The lowest BCUT2D eigenvalue weighted by atomic mass is 10.2. The van der Waals surface area contributed by atoms with Crippen LogP contribution in [0.5, 0.6) is 11.5 Å². The maximum atomic E-state index is 13.6. The lowest BCUT2D eigenvalue weighted by molar-refractivity contribution is -0.123. The molecule has 0 aliphatic heterocycles. The molecule has 1 amide bonds.